The number of aromatic amines is 1. The van der Waals surface area contributed by atoms with Gasteiger partial charge in [-0.15, -0.1) is 0 Å². The Morgan fingerprint density at radius 1 is 0.671 bits per heavy atom. The molecular weight excluding hydrogens is 1080 g/mol. The SMILES string of the molecule is CCCCCCCCCC(=O)N[C@@H](CCCC)C(=O)N[C@H]1CCC(=O)CNCCCC[C@@H](C(N)=O)NC(=O)[C@H](Cc2c[nH]c3ccccc23)NC(=O)[C@H](CCCNC(=N)N)NC(=O)[C@@H](Cc2ccccc2)NC(=O)[C@H](Cc2cccnc2)NC1=O. The van der Waals surface area contributed by atoms with Crippen LogP contribution in [0.5, 0.6) is 0 Å². The summed E-state index contributed by atoms with van der Waals surface area (Å²) in [5, 5.41) is 34.0. The molecule has 0 spiro atoms. The van der Waals surface area contributed by atoms with Crippen LogP contribution in [-0.4, -0.2) is 131 Å². The van der Waals surface area contributed by atoms with Crippen LogP contribution < -0.4 is 59.3 Å². The third-order valence-corrected chi connectivity index (χ3v) is 15.0. The fourth-order valence-electron chi connectivity index (χ4n) is 10.1. The average Bonchev–Trinajstić information content (AvgIpc) is 3.78. The van der Waals surface area contributed by atoms with Crippen molar-refractivity contribution in [3.8, 4) is 0 Å². The molecule has 15 N–H and O–H groups in total. The molecule has 8 amide bonds. The van der Waals surface area contributed by atoms with E-state index in [-0.39, 0.29) is 94.9 Å². The monoisotopic (exact) mass is 1170 g/mol. The van der Waals surface area contributed by atoms with Gasteiger partial charge in [0.2, 0.25) is 47.3 Å². The molecule has 0 radical (unpaired) electrons. The van der Waals surface area contributed by atoms with Gasteiger partial charge in [0.1, 0.15) is 48.1 Å². The van der Waals surface area contributed by atoms with Gasteiger partial charge in [0.25, 0.3) is 0 Å². The Morgan fingerprint density at radius 3 is 1.99 bits per heavy atom. The number of pyridine rings is 1. The van der Waals surface area contributed by atoms with Crippen LogP contribution >= 0.6 is 0 Å². The van der Waals surface area contributed by atoms with Crippen molar-refractivity contribution in [3.63, 3.8) is 0 Å². The maximum atomic E-state index is 14.9. The predicted molar refractivity (Wildman–Crippen MR) is 325 cm³/mol. The Balaban J connectivity index is 1.51. The van der Waals surface area contributed by atoms with Gasteiger partial charge in [0.15, 0.2) is 5.96 Å². The summed E-state index contributed by atoms with van der Waals surface area (Å²) in [4.78, 5) is 135. The van der Waals surface area contributed by atoms with Crippen LogP contribution in [0.15, 0.2) is 85.3 Å². The molecule has 1 saturated heterocycles. The van der Waals surface area contributed by atoms with E-state index in [9.17, 15) is 43.2 Å². The number of para-hydroxylation sites is 1. The lowest BCUT2D eigenvalue weighted by Gasteiger charge is -2.28. The molecule has 2 aromatic heterocycles. The number of primary amides is 1. The molecule has 4 aromatic rings. The summed E-state index contributed by atoms with van der Waals surface area (Å²) in [6.45, 7) is 4.46. The van der Waals surface area contributed by atoms with Crippen LogP contribution in [0.25, 0.3) is 10.9 Å². The molecule has 3 heterocycles. The highest BCUT2D eigenvalue weighted by molar-refractivity contribution is 5.98. The number of guanidine groups is 1. The highest BCUT2D eigenvalue weighted by atomic mass is 16.2. The Morgan fingerprint density at radius 2 is 1.29 bits per heavy atom. The summed E-state index contributed by atoms with van der Waals surface area (Å²) in [5.74, 6) is -6.25. The van der Waals surface area contributed by atoms with Crippen molar-refractivity contribution in [3.05, 3.63) is 102 Å². The van der Waals surface area contributed by atoms with Crippen molar-refractivity contribution in [2.24, 2.45) is 11.5 Å². The fraction of sp³-hybridized carbons (Fsp3) is 0.532. The maximum absolute atomic E-state index is 14.9. The standard InChI is InChI=1S/C62H90N14O9/c1-3-5-7-8-9-10-14-29-54(78)70-48(25-6-4-2)56(80)73-50-31-30-44(77)40-67-32-18-17-27-47(55(63)79)71-61(85)53(37-43-39-69-46-26-16-15-24-45(43)46)76-57(81)49(28-20-34-68-62(64)65)72-59(83)51(35-41-21-12-11-13-22-41)75-60(84)52(74-58(50)82)36-42-23-19-33-66-38-42/h11-13,15-16,19,21-24,26,33,38-39,47-53,67,69H,3-10,14,17-18,20,25,27-32,34-37,40H2,1-2H3,(H2,63,79)(H,70,78)(H,71,85)(H,72,83)(H,73,80)(H,74,82)(H,75,84)(H,76,81)(H4,64,65,68)/t47-,48-,49-,50-,51+,52-,53-/m0/s1. The number of unbranched alkanes of at least 4 members (excludes halogenated alkanes) is 7. The molecule has 0 saturated carbocycles. The molecular formula is C62H90N14O9. The summed E-state index contributed by atoms with van der Waals surface area (Å²) >= 11 is 0. The lowest BCUT2D eigenvalue weighted by Crippen LogP contribution is -2.61. The average molecular weight is 1180 g/mol. The van der Waals surface area contributed by atoms with E-state index < -0.39 is 83.6 Å². The first-order valence-corrected chi connectivity index (χ1v) is 30.2. The second-order valence-electron chi connectivity index (χ2n) is 22.0. The molecule has 0 bridgehead atoms. The highest BCUT2D eigenvalue weighted by Gasteiger charge is 2.35. The van der Waals surface area contributed by atoms with Crippen LogP contribution in [-0.2, 0) is 62.4 Å². The molecule has 1 aliphatic rings. The first-order valence-electron chi connectivity index (χ1n) is 30.2. The highest BCUT2D eigenvalue weighted by Crippen LogP contribution is 2.20. The summed E-state index contributed by atoms with van der Waals surface area (Å²) in [5.41, 5.74) is 14.0. The molecule has 0 aliphatic carbocycles. The molecule has 23 heteroatoms. The van der Waals surface area contributed by atoms with E-state index in [2.05, 4.69) is 64.7 Å². The lowest BCUT2D eigenvalue weighted by atomic mass is 10.0. The topological polar surface area (TPSA) is 366 Å². The summed E-state index contributed by atoms with van der Waals surface area (Å²) in [7, 11) is 0. The molecule has 5 rings (SSSR count). The number of carbonyl (C=O) groups is 9. The summed E-state index contributed by atoms with van der Waals surface area (Å²) in [6.07, 6.45) is 14.2. The van der Waals surface area contributed by atoms with Crippen molar-refractivity contribution in [2.45, 2.75) is 191 Å². The molecule has 85 heavy (non-hydrogen) atoms. The number of carbonyl (C=O) groups excluding carboxylic acids is 9. The molecule has 23 nitrogen and oxygen atoms in total. The van der Waals surface area contributed by atoms with Gasteiger partial charge < -0.3 is 64.3 Å². The number of nitrogens with one attached hydrogen (secondary N) is 11. The van der Waals surface area contributed by atoms with Gasteiger partial charge >= 0.3 is 0 Å². The quantitative estimate of drug-likeness (QED) is 0.0258. The Kier molecular flexibility index (Phi) is 29.6. The van der Waals surface area contributed by atoms with Crippen LogP contribution in [0.2, 0.25) is 0 Å². The zero-order valence-corrected chi connectivity index (χ0v) is 49.4. The van der Waals surface area contributed by atoms with E-state index in [4.69, 9.17) is 16.9 Å². The number of H-pyrrole nitrogens is 1. The Labute approximate surface area is 498 Å². The minimum absolute atomic E-state index is 0.0410. The third-order valence-electron chi connectivity index (χ3n) is 15.0. The number of hydrogen-bond donors (Lipinski definition) is 13. The van der Waals surface area contributed by atoms with Crippen molar-refractivity contribution in [1.29, 1.82) is 5.41 Å². The number of nitrogens with zero attached hydrogens (tertiary/aromatic N) is 1. The van der Waals surface area contributed by atoms with Gasteiger partial charge in [-0.05, 0) is 86.7 Å². The second kappa shape index (κ2) is 37.2. The van der Waals surface area contributed by atoms with E-state index in [0.717, 1.165) is 49.4 Å². The second-order valence-corrected chi connectivity index (χ2v) is 22.0. The number of ketones is 1. The molecule has 7 atom stereocenters. The molecule has 2 aromatic carbocycles. The van der Waals surface area contributed by atoms with Crippen molar-refractivity contribution in [2.75, 3.05) is 19.6 Å². The van der Waals surface area contributed by atoms with E-state index >= 15 is 0 Å². The smallest absolute Gasteiger partial charge is 0.243 e. The van der Waals surface area contributed by atoms with E-state index in [1.165, 1.54) is 12.6 Å². The summed E-state index contributed by atoms with van der Waals surface area (Å²) < 4.78 is 0. The zero-order chi connectivity index (χ0) is 61.3. The number of Topliss-reactive ketones (excluding diaryl/α,β-unsaturated/α-hetero) is 1. The van der Waals surface area contributed by atoms with E-state index in [1.54, 1.807) is 54.9 Å². The van der Waals surface area contributed by atoms with Crippen molar-refractivity contribution in [1.82, 2.24) is 57.8 Å². The van der Waals surface area contributed by atoms with E-state index in [1.807, 2.05) is 31.2 Å². The normalized spacial score (nSPS) is 20.4. The van der Waals surface area contributed by atoms with Gasteiger partial charge in [-0.1, -0.05) is 120 Å². The molecule has 1 fully saturated rings. The zero-order valence-electron chi connectivity index (χ0n) is 49.4. The van der Waals surface area contributed by atoms with Gasteiger partial charge in [-0.25, -0.2) is 0 Å². The van der Waals surface area contributed by atoms with Crippen LogP contribution in [0.1, 0.15) is 146 Å². The maximum Gasteiger partial charge on any atom is 0.243 e. The van der Waals surface area contributed by atoms with Crippen LogP contribution in [0, 0.1) is 5.41 Å². The number of amides is 8. The first-order chi connectivity index (χ1) is 41.0. The fourth-order valence-corrected chi connectivity index (χ4v) is 10.1. The van der Waals surface area contributed by atoms with Gasteiger partial charge in [-0.3, -0.25) is 53.5 Å². The summed E-state index contributed by atoms with van der Waals surface area (Å²) in [6, 6.07) is 10.6. The van der Waals surface area contributed by atoms with Crippen molar-refractivity contribution < 1.29 is 43.2 Å². The molecule has 0 unspecified atom stereocenters. The minimum Gasteiger partial charge on any atom is -0.370 e. The van der Waals surface area contributed by atoms with Crippen molar-refractivity contribution >= 4 is 69.9 Å². The lowest BCUT2D eigenvalue weighted by molar-refractivity contribution is -0.136. The number of rotatable bonds is 25. The number of benzene rings is 2. The predicted octanol–water partition coefficient (Wildman–Crippen LogP) is 3.19. The van der Waals surface area contributed by atoms with Gasteiger partial charge in [-0.2, -0.15) is 0 Å². The number of hydrogen-bond acceptors (Lipinski definition) is 12. The minimum atomic E-state index is -1.41. The molecule has 462 valence electrons. The Bertz CT molecular complexity index is 2800. The third kappa shape index (κ3) is 24.5. The number of aromatic nitrogens is 2. The van der Waals surface area contributed by atoms with Gasteiger partial charge in [0, 0.05) is 68.1 Å². The Hall–Kier alpha value is -8.21. The van der Waals surface area contributed by atoms with Crippen LogP contribution in [0.4, 0.5) is 0 Å². The number of fused-ring (bicyclic) bond motifs is 1. The molecule has 1 aliphatic heterocycles. The van der Waals surface area contributed by atoms with Gasteiger partial charge in [0.05, 0.1) is 6.54 Å². The largest absolute Gasteiger partial charge is 0.370 e. The van der Waals surface area contributed by atoms with Crippen LogP contribution in [0.3, 0.4) is 0 Å². The first kappa shape index (κ1) is 67.6. The number of nitrogens with two attached hydrogens (primary N) is 2. The van der Waals surface area contributed by atoms with E-state index in [0.29, 0.717) is 48.9 Å².